The molecule has 0 aliphatic carbocycles. The molecule has 6 heteroatoms. The van der Waals surface area contributed by atoms with E-state index >= 15 is 0 Å². The summed E-state index contributed by atoms with van der Waals surface area (Å²) >= 11 is 0. The van der Waals surface area contributed by atoms with Gasteiger partial charge in [-0.1, -0.05) is 0 Å². The van der Waals surface area contributed by atoms with Crippen molar-refractivity contribution in [3.63, 3.8) is 0 Å². The van der Waals surface area contributed by atoms with Gasteiger partial charge in [0.2, 0.25) is 0 Å². The summed E-state index contributed by atoms with van der Waals surface area (Å²) in [6.07, 6.45) is 0.437. The Balaban J connectivity index is 4.94. The summed E-state index contributed by atoms with van der Waals surface area (Å²) in [5.41, 5.74) is -0.398. The molecule has 0 spiro atoms. The Bertz CT molecular complexity index is 253. The van der Waals surface area contributed by atoms with Crippen LogP contribution in [0.3, 0.4) is 0 Å². The van der Waals surface area contributed by atoms with Crippen molar-refractivity contribution in [3.8, 4) is 0 Å². The minimum Gasteiger partial charge on any atom is -0.478 e. The SMILES string of the molecule is O=C(O)/C(CCCO)=C(/CCCO)C(=O)O. The van der Waals surface area contributed by atoms with Gasteiger partial charge in [0.25, 0.3) is 0 Å². The summed E-state index contributed by atoms with van der Waals surface area (Å²) in [4.78, 5) is 21.7. The second-order valence-electron chi connectivity index (χ2n) is 3.22. The smallest absolute Gasteiger partial charge is 0.332 e. The summed E-state index contributed by atoms with van der Waals surface area (Å²) in [6, 6.07) is 0. The van der Waals surface area contributed by atoms with Gasteiger partial charge in [0.1, 0.15) is 0 Å². The summed E-state index contributed by atoms with van der Waals surface area (Å²) in [5.74, 6) is -2.58. The zero-order chi connectivity index (χ0) is 12.6. The zero-order valence-electron chi connectivity index (χ0n) is 8.85. The molecular formula is C10H16O6. The van der Waals surface area contributed by atoms with Crippen molar-refractivity contribution in [3.05, 3.63) is 11.1 Å². The lowest BCUT2D eigenvalue weighted by atomic mass is 9.99. The third-order valence-corrected chi connectivity index (χ3v) is 2.05. The Labute approximate surface area is 92.8 Å². The van der Waals surface area contributed by atoms with Crippen LogP contribution in [0.15, 0.2) is 11.1 Å². The minimum atomic E-state index is -1.29. The molecule has 0 aromatic carbocycles. The largest absolute Gasteiger partial charge is 0.478 e. The summed E-state index contributed by atoms with van der Waals surface area (Å²) in [5, 5.41) is 34.9. The van der Waals surface area contributed by atoms with E-state index in [4.69, 9.17) is 20.4 Å². The van der Waals surface area contributed by atoms with Gasteiger partial charge in [0.15, 0.2) is 0 Å². The predicted molar refractivity (Wildman–Crippen MR) is 54.9 cm³/mol. The van der Waals surface area contributed by atoms with Gasteiger partial charge in [-0.05, 0) is 25.7 Å². The van der Waals surface area contributed by atoms with E-state index in [1.54, 1.807) is 0 Å². The van der Waals surface area contributed by atoms with Crippen molar-refractivity contribution < 1.29 is 30.0 Å². The molecule has 4 N–H and O–H groups in total. The molecule has 0 aromatic rings. The summed E-state index contributed by atoms with van der Waals surface area (Å²) in [6.45, 7) is -0.382. The maximum absolute atomic E-state index is 10.8. The fourth-order valence-corrected chi connectivity index (χ4v) is 1.29. The lowest BCUT2D eigenvalue weighted by Crippen LogP contribution is -2.12. The highest BCUT2D eigenvalue weighted by Gasteiger charge is 2.19. The molecule has 0 fully saturated rings. The van der Waals surface area contributed by atoms with E-state index in [1.165, 1.54) is 0 Å². The third kappa shape index (κ3) is 4.90. The molecule has 0 bridgehead atoms. The lowest BCUT2D eigenvalue weighted by Gasteiger charge is -2.07. The van der Waals surface area contributed by atoms with Crippen LogP contribution in [0.1, 0.15) is 25.7 Å². The highest BCUT2D eigenvalue weighted by molar-refractivity contribution is 5.98. The molecule has 0 amide bonds. The number of carboxylic acids is 2. The number of aliphatic carboxylic acids is 2. The number of aliphatic hydroxyl groups is 2. The first-order valence-electron chi connectivity index (χ1n) is 4.95. The molecule has 0 aliphatic heterocycles. The second kappa shape index (κ2) is 7.84. The van der Waals surface area contributed by atoms with E-state index in [0.29, 0.717) is 0 Å². The third-order valence-electron chi connectivity index (χ3n) is 2.05. The average Bonchev–Trinajstić information content (AvgIpc) is 2.21. The lowest BCUT2D eigenvalue weighted by molar-refractivity contribution is -0.136. The van der Waals surface area contributed by atoms with Crippen LogP contribution in [-0.2, 0) is 9.59 Å². The van der Waals surface area contributed by atoms with Crippen molar-refractivity contribution in [2.75, 3.05) is 13.2 Å². The van der Waals surface area contributed by atoms with Crippen molar-refractivity contribution in [2.45, 2.75) is 25.7 Å². The van der Waals surface area contributed by atoms with Crippen molar-refractivity contribution in [1.82, 2.24) is 0 Å². The van der Waals surface area contributed by atoms with Crippen LogP contribution >= 0.6 is 0 Å². The second-order valence-corrected chi connectivity index (χ2v) is 3.22. The minimum absolute atomic E-state index is 0.0128. The molecule has 0 unspecified atom stereocenters. The molecule has 0 atom stereocenters. The molecule has 6 nitrogen and oxygen atoms in total. The van der Waals surface area contributed by atoms with E-state index in [0.717, 1.165) is 0 Å². The predicted octanol–water partition coefficient (Wildman–Crippen LogP) is -0.00280. The monoisotopic (exact) mass is 232 g/mol. The first-order chi connectivity index (χ1) is 7.54. The first-order valence-corrected chi connectivity index (χ1v) is 4.95. The Hall–Kier alpha value is -1.40. The highest BCUT2D eigenvalue weighted by Crippen LogP contribution is 2.17. The van der Waals surface area contributed by atoms with Gasteiger partial charge in [-0.3, -0.25) is 0 Å². The molecule has 16 heavy (non-hydrogen) atoms. The number of carboxylic acid groups (broad SMARTS) is 2. The molecular weight excluding hydrogens is 216 g/mol. The van der Waals surface area contributed by atoms with E-state index in [2.05, 4.69) is 0 Å². The number of hydrogen-bond donors (Lipinski definition) is 4. The van der Waals surface area contributed by atoms with Crippen molar-refractivity contribution >= 4 is 11.9 Å². The van der Waals surface area contributed by atoms with Gasteiger partial charge >= 0.3 is 11.9 Å². The molecule has 0 rings (SSSR count). The van der Waals surface area contributed by atoms with Gasteiger partial charge in [-0.2, -0.15) is 0 Å². The normalized spacial score (nSPS) is 12.1. The van der Waals surface area contributed by atoms with Gasteiger partial charge in [-0.15, -0.1) is 0 Å². The summed E-state index contributed by atoms with van der Waals surface area (Å²) < 4.78 is 0. The first kappa shape index (κ1) is 14.6. The van der Waals surface area contributed by atoms with Gasteiger partial charge in [0, 0.05) is 24.4 Å². The number of hydrogen-bond acceptors (Lipinski definition) is 4. The number of rotatable bonds is 8. The van der Waals surface area contributed by atoms with E-state index in [-0.39, 0.29) is 50.0 Å². The molecule has 0 aliphatic rings. The van der Waals surface area contributed by atoms with E-state index in [9.17, 15) is 9.59 Å². The number of carbonyl (C=O) groups is 2. The van der Waals surface area contributed by atoms with Crippen LogP contribution in [0.2, 0.25) is 0 Å². The van der Waals surface area contributed by atoms with Crippen LogP contribution in [0.4, 0.5) is 0 Å². The molecule has 0 saturated heterocycles. The molecule has 0 aromatic heterocycles. The van der Waals surface area contributed by atoms with Gasteiger partial charge in [0.05, 0.1) is 0 Å². The van der Waals surface area contributed by atoms with Crippen LogP contribution in [-0.4, -0.2) is 45.6 Å². The Morgan fingerprint density at radius 1 is 0.750 bits per heavy atom. The highest BCUT2D eigenvalue weighted by atomic mass is 16.4. The van der Waals surface area contributed by atoms with Crippen LogP contribution < -0.4 is 0 Å². The molecule has 0 saturated carbocycles. The van der Waals surface area contributed by atoms with E-state index in [1.807, 2.05) is 0 Å². The zero-order valence-corrected chi connectivity index (χ0v) is 8.85. The van der Waals surface area contributed by atoms with Gasteiger partial charge < -0.3 is 20.4 Å². The van der Waals surface area contributed by atoms with E-state index < -0.39 is 11.9 Å². The number of aliphatic hydroxyl groups excluding tert-OH is 2. The average molecular weight is 232 g/mol. The Kier molecular flexibility index (Phi) is 7.15. The summed E-state index contributed by atoms with van der Waals surface area (Å²) in [7, 11) is 0. The van der Waals surface area contributed by atoms with Crippen molar-refractivity contribution in [2.24, 2.45) is 0 Å². The topological polar surface area (TPSA) is 115 Å². The molecule has 92 valence electrons. The van der Waals surface area contributed by atoms with Crippen LogP contribution in [0.25, 0.3) is 0 Å². The maximum atomic E-state index is 10.8. The fraction of sp³-hybridized carbons (Fsp3) is 0.600. The molecule has 0 heterocycles. The maximum Gasteiger partial charge on any atom is 0.332 e. The van der Waals surface area contributed by atoms with Crippen LogP contribution in [0.5, 0.6) is 0 Å². The Morgan fingerprint density at radius 3 is 1.25 bits per heavy atom. The molecule has 0 radical (unpaired) electrons. The fourth-order valence-electron chi connectivity index (χ4n) is 1.29. The Morgan fingerprint density at radius 2 is 1.06 bits per heavy atom. The van der Waals surface area contributed by atoms with Crippen LogP contribution in [0, 0.1) is 0 Å². The van der Waals surface area contributed by atoms with Gasteiger partial charge in [-0.25, -0.2) is 9.59 Å². The van der Waals surface area contributed by atoms with Crippen molar-refractivity contribution in [1.29, 1.82) is 0 Å². The quantitative estimate of drug-likeness (QED) is 0.438. The standard InChI is InChI=1S/C10H16O6/c11-5-1-3-7(9(13)14)8(10(15)16)4-2-6-12/h11-12H,1-6H2,(H,13,14)(H,15,16)/b8-7-.